The Morgan fingerprint density at radius 3 is 2.52 bits per heavy atom. The van der Waals surface area contributed by atoms with Crippen molar-refractivity contribution >= 4 is 17.4 Å². The lowest BCUT2D eigenvalue weighted by Gasteiger charge is -2.07. The van der Waals surface area contributed by atoms with Gasteiger partial charge >= 0.3 is 0 Å². The van der Waals surface area contributed by atoms with Crippen LogP contribution in [0, 0.1) is 0 Å². The third-order valence-corrected chi connectivity index (χ3v) is 3.40. The van der Waals surface area contributed by atoms with Gasteiger partial charge < -0.3 is 9.47 Å². The number of hydrogen-bond acceptors (Lipinski definition) is 3. The van der Waals surface area contributed by atoms with Gasteiger partial charge in [-0.05, 0) is 55.3 Å². The Hall–Kier alpha value is -2.00. The van der Waals surface area contributed by atoms with E-state index in [4.69, 9.17) is 21.1 Å². The molecule has 0 atom stereocenters. The summed E-state index contributed by atoms with van der Waals surface area (Å²) in [5.41, 5.74) is 0.611. The van der Waals surface area contributed by atoms with Gasteiger partial charge in [0.25, 0.3) is 0 Å². The molecule has 0 amide bonds. The summed E-state index contributed by atoms with van der Waals surface area (Å²) in [6, 6.07) is 14.2. The zero-order valence-electron chi connectivity index (χ0n) is 11.4. The average Bonchev–Trinajstić information content (AvgIpc) is 3.30. The summed E-state index contributed by atoms with van der Waals surface area (Å²) < 4.78 is 11.1. The minimum Gasteiger partial charge on any atom is -0.490 e. The van der Waals surface area contributed by atoms with Gasteiger partial charge in [-0.25, -0.2) is 0 Å². The van der Waals surface area contributed by atoms with E-state index in [0.29, 0.717) is 22.4 Å². The molecule has 0 N–H and O–H groups in total. The molecular weight excluding hydrogens is 288 g/mol. The monoisotopic (exact) mass is 302 g/mol. The first-order valence-electron chi connectivity index (χ1n) is 6.89. The summed E-state index contributed by atoms with van der Waals surface area (Å²) >= 11 is 5.86. The van der Waals surface area contributed by atoms with E-state index < -0.39 is 0 Å². The van der Waals surface area contributed by atoms with E-state index in [2.05, 4.69) is 0 Å². The third kappa shape index (κ3) is 3.99. The summed E-state index contributed by atoms with van der Waals surface area (Å²) in [5, 5.41) is 0.585. The second kappa shape index (κ2) is 6.19. The van der Waals surface area contributed by atoms with Crippen molar-refractivity contribution in [3.63, 3.8) is 0 Å². The van der Waals surface area contributed by atoms with Crippen LogP contribution in [0.1, 0.15) is 23.2 Å². The number of ketones is 1. The SMILES string of the molecule is O=C(COc1cccc(Cl)c1)c1ccc(OC2CC2)cc1. The third-order valence-electron chi connectivity index (χ3n) is 3.17. The van der Waals surface area contributed by atoms with Crippen LogP contribution in [0.15, 0.2) is 48.5 Å². The van der Waals surface area contributed by atoms with Crippen molar-refractivity contribution < 1.29 is 14.3 Å². The number of halogens is 1. The number of benzene rings is 2. The first-order valence-corrected chi connectivity index (χ1v) is 7.27. The Morgan fingerprint density at radius 1 is 1.10 bits per heavy atom. The van der Waals surface area contributed by atoms with Crippen LogP contribution in [0.4, 0.5) is 0 Å². The van der Waals surface area contributed by atoms with Crippen molar-refractivity contribution in [2.75, 3.05) is 6.61 Å². The van der Waals surface area contributed by atoms with E-state index in [1.165, 1.54) is 0 Å². The van der Waals surface area contributed by atoms with E-state index in [1.54, 1.807) is 36.4 Å². The molecule has 0 saturated heterocycles. The summed E-state index contributed by atoms with van der Waals surface area (Å²) in [6.07, 6.45) is 2.60. The first kappa shape index (κ1) is 14.0. The molecule has 1 fully saturated rings. The van der Waals surface area contributed by atoms with Crippen LogP contribution in [0.5, 0.6) is 11.5 Å². The molecule has 1 aliphatic carbocycles. The molecule has 108 valence electrons. The fourth-order valence-electron chi connectivity index (χ4n) is 1.89. The van der Waals surface area contributed by atoms with Gasteiger partial charge in [-0.1, -0.05) is 17.7 Å². The maximum atomic E-state index is 12.0. The van der Waals surface area contributed by atoms with Crippen LogP contribution in [0.3, 0.4) is 0 Å². The van der Waals surface area contributed by atoms with Gasteiger partial charge in [-0.2, -0.15) is 0 Å². The number of carbonyl (C=O) groups is 1. The maximum Gasteiger partial charge on any atom is 0.200 e. The number of hydrogen-bond donors (Lipinski definition) is 0. The topological polar surface area (TPSA) is 35.5 Å². The molecule has 0 radical (unpaired) electrons. The molecule has 1 aliphatic rings. The molecule has 2 aromatic rings. The van der Waals surface area contributed by atoms with Crippen molar-refractivity contribution in [3.05, 3.63) is 59.1 Å². The lowest BCUT2D eigenvalue weighted by molar-refractivity contribution is 0.0921. The number of Topliss-reactive ketones (excluding diaryl/α,β-unsaturated/α-hetero) is 1. The largest absolute Gasteiger partial charge is 0.490 e. The van der Waals surface area contributed by atoms with Crippen LogP contribution in [0.25, 0.3) is 0 Å². The molecule has 4 heteroatoms. The highest BCUT2D eigenvalue weighted by Gasteiger charge is 2.23. The van der Waals surface area contributed by atoms with E-state index in [-0.39, 0.29) is 12.4 Å². The maximum absolute atomic E-state index is 12.0. The molecule has 0 unspecified atom stereocenters. The predicted octanol–water partition coefficient (Wildman–Crippen LogP) is 4.14. The van der Waals surface area contributed by atoms with Crippen LogP contribution >= 0.6 is 11.6 Å². The Kier molecular flexibility index (Phi) is 4.11. The Labute approximate surface area is 128 Å². The second-order valence-electron chi connectivity index (χ2n) is 5.01. The molecule has 3 rings (SSSR count). The quantitative estimate of drug-likeness (QED) is 0.752. The van der Waals surface area contributed by atoms with Crippen molar-refractivity contribution in [2.24, 2.45) is 0 Å². The highest BCUT2D eigenvalue weighted by Crippen LogP contribution is 2.26. The number of ether oxygens (including phenoxy) is 2. The Morgan fingerprint density at radius 2 is 1.86 bits per heavy atom. The molecule has 0 bridgehead atoms. The van der Waals surface area contributed by atoms with Crippen molar-refractivity contribution in [1.82, 2.24) is 0 Å². The standard InChI is InChI=1S/C17H15ClO3/c18-13-2-1-3-16(10-13)20-11-17(19)12-4-6-14(7-5-12)21-15-8-9-15/h1-7,10,15H,8-9,11H2. The second-order valence-corrected chi connectivity index (χ2v) is 5.45. The molecular formula is C17H15ClO3. The van der Waals surface area contributed by atoms with Crippen LogP contribution in [0.2, 0.25) is 5.02 Å². The average molecular weight is 303 g/mol. The minimum atomic E-state index is -0.0760. The predicted molar refractivity (Wildman–Crippen MR) is 81.4 cm³/mol. The highest BCUT2D eigenvalue weighted by atomic mass is 35.5. The fourth-order valence-corrected chi connectivity index (χ4v) is 2.07. The van der Waals surface area contributed by atoms with E-state index >= 15 is 0 Å². The van der Waals surface area contributed by atoms with Crippen LogP contribution < -0.4 is 9.47 Å². The molecule has 3 nitrogen and oxygen atoms in total. The minimum absolute atomic E-state index is 0.0107. The van der Waals surface area contributed by atoms with Crippen molar-refractivity contribution in [1.29, 1.82) is 0 Å². The van der Waals surface area contributed by atoms with Gasteiger partial charge in [0.1, 0.15) is 11.5 Å². The summed E-state index contributed by atoms with van der Waals surface area (Å²) in [5.74, 6) is 1.32. The molecule has 0 aromatic heterocycles. The number of rotatable bonds is 6. The summed E-state index contributed by atoms with van der Waals surface area (Å²) in [4.78, 5) is 12.0. The normalized spacial score (nSPS) is 13.8. The Bertz CT molecular complexity index is 633. The zero-order valence-corrected chi connectivity index (χ0v) is 12.2. The van der Waals surface area contributed by atoms with Crippen molar-refractivity contribution in [3.8, 4) is 11.5 Å². The number of carbonyl (C=O) groups excluding carboxylic acids is 1. The van der Waals surface area contributed by atoms with Gasteiger partial charge in [-0.3, -0.25) is 4.79 Å². The molecule has 2 aromatic carbocycles. The zero-order chi connectivity index (χ0) is 14.7. The van der Waals surface area contributed by atoms with Gasteiger partial charge in [0.15, 0.2) is 12.4 Å². The molecule has 0 aliphatic heterocycles. The van der Waals surface area contributed by atoms with Gasteiger partial charge in [0.2, 0.25) is 0 Å². The molecule has 1 saturated carbocycles. The fraction of sp³-hybridized carbons (Fsp3) is 0.235. The molecule has 0 heterocycles. The summed E-state index contributed by atoms with van der Waals surface area (Å²) in [6.45, 7) is -0.0107. The lowest BCUT2D eigenvalue weighted by atomic mass is 10.1. The van der Waals surface area contributed by atoms with Crippen LogP contribution in [-0.4, -0.2) is 18.5 Å². The lowest BCUT2D eigenvalue weighted by Crippen LogP contribution is -2.11. The van der Waals surface area contributed by atoms with E-state index in [1.807, 2.05) is 12.1 Å². The van der Waals surface area contributed by atoms with Crippen molar-refractivity contribution in [2.45, 2.75) is 18.9 Å². The Balaban J connectivity index is 1.57. The smallest absolute Gasteiger partial charge is 0.200 e. The van der Waals surface area contributed by atoms with Gasteiger partial charge in [0.05, 0.1) is 6.10 Å². The van der Waals surface area contributed by atoms with E-state index in [9.17, 15) is 4.79 Å². The summed E-state index contributed by atoms with van der Waals surface area (Å²) in [7, 11) is 0. The molecule has 21 heavy (non-hydrogen) atoms. The highest BCUT2D eigenvalue weighted by molar-refractivity contribution is 6.30. The van der Waals surface area contributed by atoms with E-state index in [0.717, 1.165) is 18.6 Å². The van der Waals surface area contributed by atoms with Crippen LogP contribution in [-0.2, 0) is 0 Å². The van der Waals surface area contributed by atoms with Gasteiger partial charge in [-0.15, -0.1) is 0 Å². The molecule has 0 spiro atoms. The first-order chi connectivity index (χ1) is 10.2. The van der Waals surface area contributed by atoms with Gasteiger partial charge in [0, 0.05) is 10.6 Å².